The Hall–Kier alpha value is -3.74. The summed E-state index contributed by atoms with van der Waals surface area (Å²) in [7, 11) is 0. The van der Waals surface area contributed by atoms with Gasteiger partial charge in [0.2, 0.25) is 0 Å². The Morgan fingerprint density at radius 1 is 1.24 bits per heavy atom. The van der Waals surface area contributed by atoms with Gasteiger partial charge in [0.1, 0.15) is 0 Å². The van der Waals surface area contributed by atoms with E-state index in [4.69, 9.17) is 9.90 Å². The molecule has 182 valence electrons. The van der Waals surface area contributed by atoms with Crippen LogP contribution in [0.5, 0.6) is 0 Å². The molecule has 3 N–H and O–H groups in total. The van der Waals surface area contributed by atoms with Gasteiger partial charge in [0, 0.05) is 49.5 Å². The fourth-order valence-corrected chi connectivity index (χ4v) is 3.37. The monoisotopic (exact) mass is 479 g/mol. The maximum Gasteiger partial charge on any atom is 0.490 e. The second-order valence-corrected chi connectivity index (χ2v) is 7.82. The number of piperazine rings is 1. The van der Waals surface area contributed by atoms with Crippen LogP contribution in [-0.2, 0) is 4.79 Å². The number of carboxylic acid groups (broad SMARTS) is 1. The van der Waals surface area contributed by atoms with E-state index in [1.165, 1.54) is 0 Å². The van der Waals surface area contributed by atoms with Gasteiger partial charge in [-0.2, -0.15) is 23.4 Å². The summed E-state index contributed by atoms with van der Waals surface area (Å²) in [5.41, 5.74) is 3.44. The van der Waals surface area contributed by atoms with E-state index in [1.807, 2.05) is 34.0 Å². The number of carboxylic acids is 1. The number of pyridine rings is 1. The highest BCUT2D eigenvalue weighted by Crippen LogP contribution is 2.22. The van der Waals surface area contributed by atoms with E-state index in [0.717, 1.165) is 23.5 Å². The van der Waals surface area contributed by atoms with Crippen molar-refractivity contribution in [3.8, 4) is 5.69 Å². The lowest BCUT2D eigenvalue weighted by atomic mass is 10.1. The van der Waals surface area contributed by atoms with Crippen molar-refractivity contribution in [1.29, 1.82) is 0 Å². The summed E-state index contributed by atoms with van der Waals surface area (Å²) in [6.45, 7) is 6.19. The van der Waals surface area contributed by atoms with Crippen LogP contribution in [0.1, 0.15) is 47.6 Å². The Bertz CT molecular complexity index is 1100. The molecule has 10 nitrogen and oxygen atoms in total. The van der Waals surface area contributed by atoms with Gasteiger partial charge in [0.15, 0.2) is 5.69 Å². The van der Waals surface area contributed by atoms with E-state index in [1.54, 1.807) is 18.6 Å². The van der Waals surface area contributed by atoms with Crippen LogP contribution in [0.25, 0.3) is 5.69 Å². The van der Waals surface area contributed by atoms with Crippen molar-refractivity contribution in [3.63, 3.8) is 0 Å². The van der Waals surface area contributed by atoms with Crippen LogP contribution in [0.4, 0.5) is 13.2 Å². The lowest BCUT2D eigenvalue weighted by Crippen LogP contribution is -2.48. The molecule has 34 heavy (non-hydrogen) atoms. The quantitative estimate of drug-likeness (QED) is 0.524. The van der Waals surface area contributed by atoms with Gasteiger partial charge in [0.25, 0.3) is 5.91 Å². The van der Waals surface area contributed by atoms with E-state index in [-0.39, 0.29) is 17.9 Å². The zero-order valence-corrected chi connectivity index (χ0v) is 18.5. The molecular weight excluding hydrogens is 455 g/mol. The van der Waals surface area contributed by atoms with Crippen molar-refractivity contribution in [2.24, 2.45) is 0 Å². The minimum atomic E-state index is -5.08. The molecule has 0 radical (unpaired) electrons. The van der Waals surface area contributed by atoms with Gasteiger partial charge in [-0.1, -0.05) is 13.8 Å². The van der Waals surface area contributed by atoms with Crippen LogP contribution in [0.2, 0.25) is 0 Å². The molecule has 1 atom stereocenters. The van der Waals surface area contributed by atoms with E-state index in [0.29, 0.717) is 18.8 Å². The lowest BCUT2D eigenvalue weighted by molar-refractivity contribution is -0.192. The van der Waals surface area contributed by atoms with E-state index in [9.17, 15) is 18.0 Å². The molecule has 1 amide bonds. The first-order chi connectivity index (χ1) is 16.1. The SMILES string of the molecule is CC(C)c1cc(C(=O)N2CCNC(c3cn[nH]c3)C2)nn1-c1ccncc1.O=C(O)C(F)(F)F. The van der Waals surface area contributed by atoms with Crippen molar-refractivity contribution in [1.82, 2.24) is 35.2 Å². The zero-order valence-electron chi connectivity index (χ0n) is 18.5. The summed E-state index contributed by atoms with van der Waals surface area (Å²) in [6.07, 6.45) is 2.03. The molecule has 3 aromatic rings. The van der Waals surface area contributed by atoms with Crippen LogP contribution < -0.4 is 5.32 Å². The highest BCUT2D eigenvalue weighted by atomic mass is 19.4. The normalized spacial score (nSPS) is 16.2. The van der Waals surface area contributed by atoms with Gasteiger partial charge < -0.3 is 15.3 Å². The maximum atomic E-state index is 13.1. The van der Waals surface area contributed by atoms with Gasteiger partial charge in [0.05, 0.1) is 17.9 Å². The van der Waals surface area contributed by atoms with Crippen LogP contribution in [-0.4, -0.2) is 72.7 Å². The van der Waals surface area contributed by atoms with Crippen molar-refractivity contribution in [3.05, 3.63) is 59.9 Å². The third-order valence-electron chi connectivity index (χ3n) is 5.08. The third-order valence-corrected chi connectivity index (χ3v) is 5.08. The first-order valence-corrected chi connectivity index (χ1v) is 10.4. The second-order valence-electron chi connectivity index (χ2n) is 7.82. The number of aromatic amines is 1. The molecular formula is C21H24F3N7O3. The molecule has 1 aliphatic rings. The molecule has 4 rings (SSSR count). The van der Waals surface area contributed by atoms with Gasteiger partial charge >= 0.3 is 12.1 Å². The van der Waals surface area contributed by atoms with Crippen molar-refractivity contribution < 1.29 is 27.9 Å². The second kappa shape index (κ2) is 10.5. The van der Waals surface area contributed by atoms with E-state index in [2.05, 4.69) is 39.4 Å². The fraction of sp³-hybridized carbons (Fsp3) is 0.381. The number of hydrogen-bond donors (Lipinski definition) is 3. The molecule has 0 aromatic carbocycles. The number of nitrogens with one attached hydrogen (secondary N) is 2. The first-order valence-electron chi connectivity index (χ1n) is 10.4. The number of H-pyrrole nitrogens is 1. The van der Waals surface area contributed by atoms with Crippen LogP contribution in [0, 0.1) is 0 Å². The number of aromatic nitrogens is 5. The summed E-state index contributed by atoms with van der Waals surface area (Å²) in [4.78, 5) is 27.9. The Morgan fingerprint density at radius 3 is 2.47 bits per heavy atom. The minimum absolute atomic E-state index is 0.0419. The maximum absolute atomic E-state index is 13.1. The summed E-state index contributed by atoms with van der Waals surface area (Å²) in [5.74, 6) is -2.55. The number of aliphatic carboxylic acids is 1. The molecule has 13 heteroatoms. The van der Waals surface area contributed by atoms with Gasteiger partial charge in [-0.15, -0.1) is 0 Å². The van der Waals surface area contributed by atoms with E-state index < -0.39 is 12.1 Å². The van der Waals surface area contributed by atoms with Crippen molar-refractivity contribution >= 4 is 11.9 Å². The fourth-order valence-electron chi connectivity index (χ4n) is 3.37. The number of carbonyl (C=O) groups excluding carboxylic acids is 1. The number of alkyl halides is 3. The standard InChI is InChI=1S/C19H23N7O.C2HF3O2/c1-13(2)18-9-16(24-26(18)15-3-5-20-6-4-15)19(27)25-8-7-21-17(12-25)14-10-22-23-11-14;3-2(4,5)1(6)7/h3-6,9-11,13,17,21H,7-8,12H2,1-2H3,(H,22,23);(H,6,7). The summed E-state index contributed by atoms with van der Waals surface area (Å²) in [5, 5.41) is 22.0. The largest absolute Gasteiger partial charge is 0.490 e. The molecule has 1 saturated heterocycles. The summed E-state index contributed by atoms with van der Waals surface area (Å²) >= 11 is 0. The third kappa shape index (κ3) is 5.98. The Kier molecular flexibility index (Phi) is 7.66. The molecule has 4 heterocycles. The predicted octanol–water partition coefficient (Wildman–Crippen LogP) is 2.53. The Balaban J connectivity index is 0.000000406. The zero-order chi connectivity index (χ0) is 24.9. The van der Waals surface area contributed by atoms with Crippen LogP contribution in [0.3, 0.4) is 0 Å². The number of amides is 1. The molecule has 0 bridgehead atoms. The average Bonchev–Trinajstić information content (AvgIpc) is 3.50. The number of halogens is 3. The number of rotatable bonds is 4. The average molecular weight is 479 g/mol. The van der Waals surface area contributed by atoms with Crippen molar-refractivity contribution in [2.75, 3.05) is 19.6 Å². The number of hydrogen-bond acceptors (Lipinski definition) is 6. The predicted molar refractivity (Wildman–Crippen MR) is 114 cm³/mol. The van der Waals surface area contributed by atoms with Gasteiger partial charge in [-0.25, -0.2) is 9.48 Å². The smallest absolute Gasteiger partial charge is 0.475 e. The van der Waals surface area contributed by atoms with Crippen LogP contribution in [0.15, 0.2) is 43.0 Å². The molecule has 1 aliphatic heterocycles. The molecule has 1 fully saturated rings. The number of carbonyl (C=O) groups is 2. The molecule has 0 aliphatic carbocycles. The summed E-state index contributed by atoms with van der Waals surface area (Å²) < 4.78 is 33.6. The highest BCUT2D eigenvalue weighted by molar-refractivity contribution is 5.92. The summed E-state index contributed by atoms with van der Waals surface area (Å²) in [6, 6.07) is 5.77. The highest BCUT2D eigenvalue weighted by Gasteiger charge is 2.38. The van der Waals surface area contributed by atoms with Crippen molar-refractivity contribution in [2.45, 2.75) is 32.0 Å². The Labute approximate surface area is 192 Å². The molecule has 0 spiro atoms. The first kappa shape index (κ1) is 24.9. The topological polar surface area (TPSA) is 129 Å². The van der Waals surface area contributed by atoms with Gasteiger partial charge in [-0.3, -0.25) is 14.9 Å². The minimum Gasteiger partial charge on any atom is -0.475 e. The molecule has 3 aromatic heterocycles. The molecule has 1 unspecified atom stereocenters. The molecule has 0 saturated carbocycles. The Morgan fingerprint density at radius 2 is 1.91 bits per heavy atom. The lowest BCUT2D eigenvalue weighted by Gasteiger charge is -2.32. The van der Waals surface area contributed by atoms with Crippen LogP contribution >= 0.6 is 0 Å². The van der Waals surface area contributed by atoms with E-state index >= 15 is 0 Å². The number of nitrogens with zero attached hydrogens (tertiary/aromatic N) is 5. The van der Waals surface area contributed by atoms with Gasteiger partial charge in [-0.05, 0) is 24.1 Å².